The van der Waals surface area contributed by atoms with Crippen molar-refractivity contribution in [3.05, 3.63) is 64.7 Å². The number of hydrogen-bond acceptors (Lipinski definition) is 2. The summed E-state index contributed by atoms with van der Waals surface area (Å²) in [6.07, 6.45) is 4.38. The van der Waals surface area contributed by atoms with Crippen molar-refractivity contribution in [2.45, 2.75) is 6.42 Å². The second-order valence-corrected chi connectivity index (χ2v) is 5.07. The summed E-state index contributed by atoms with van der Waals surface area (Å²) in [5.74, 6) is 1.23. The minimum Gasteiger partial charge on any atom is -0.508 e. The molecule has 0 bridgehead atoms. The molecule has 2 aromatic heterocycles. The van der Waals surface area contributed by atoms with Crippen LogP contribution in [-0.2, 0) is 6.42 Å². The molecule has 0 atom stereocenters. The van der Waals surface area contributed by atoms with Crippen LogP contribution < -0.4 is 0 Å². The van der Waals surface area contributed by atoms with Crippen molar-refractivity contribution >= 4 is 21.4 Å². The fraction of sp³-hybridized carbons (Fsp3) is 0.0714. The summed E-state index contributed by atoms with van der Waals surface area (Å²) in [6.45, 7) is 0. The molecule has 3 nitrogen and oxygen atoms in total. The lowest BCUT2D eigenvalue weighted by Gasteiger charge is -2.02. The summed E-state index contributed by atoms with van der Waals surface area (Å²) in [7, 11) is 0. The third kappa shape index (κ3) is 2.11. The van der Waals surface area contributed by atoms with Gasteiger partial charge in [0, 0.05) is 23.2 Å². The lowest BCUT2D eigenvalue weighted by atomic mass is 10.1. The lowest BCUT2D eigenvalue weighted by Crippen LogP contribution is -1.95. The van der Waals surface area contributed by atoms with Gasteiger partial charge in [-0.1, -0.05) is 28.1 Å². The maximum Gasteiger partial charge on any atom is 0.119 e. The first-order valence-electron chi connectivity index (χ1n) is 5.62. The minimum absolute atomic E-state index is 0.262. The number of pyridine rings is 1. The van der Waals surface area contributed by atoms with Crippen molar-refractivity contribution in [3.63, 3.8) is 0 Å². The number of rotatable bonds is 2. The Labute approximate surface area is 113 Å². The van der Waals surface area contributed by atoms with E-state index in [1.165, 1.54) is 5.56 Å². The van der Waals surface area contributed by atoms with Crippen molar-refractivity contribution < 1.29 is 5.11 Å². The maximum atomic E-state index is 9.41. The van der Waals surface area contributed by atoms with Crippen LogP contribution >= 0.6 is 15.9 Å². The fourth-order valence-corrected chi connectivity index (χ4v) is 2.22. The molecular formula is C14H11BrN2O. The Kier molecular flexibility index (Phi) is 2.80. The summed E-state index contributed by atoms with van der Waals surface area (Å²) in [4.78, 5) is 4.39. The summed E-state index contributed by atoms with van der Waals surface area (Å²) < 4.78 is 3.06. The van der Waals surface area contributed by atoms with E-state index in [1.54, 1.807) is 18.3 Å². The van der Waals surface area contributed by atoms with Crippen molar-refractivity contribution in [1.82, 2.24) is 9.38 Å². The molecule has 0 spiro atoms. The van der Waals surface area contributed by atoms with Crippen molar-refractivity contribution in [2.75, 3.05) is 0 Å². The van der Waals surface area contributed by atoms with Gasteiger partial charge in [-0.05, 0) is 23.8 Å². The molecule has 0 amide bonds. The van der Waals surface area contributed by atoms with E-state index in [-0.39, 0.29) is 5.75 Å². The lowest BCUT2D eigenvalue weighted by molar-refractivity contribution is 0.475. The third-order valence-corrected chi connectivity index (χ3v) is 3.40. The molecule has 0 fully saturated rings. The van der Waals surface area contributed by atoms with E-state index in [0.29, 0.717) is 0 Å². The maximum absolute atomic E-state index is 9.41. The molecule has 1 aromatic carbocycles. The van der Waals surface area contributed by atoms with Gasteiger partial charge in [-0.25, -0.2) is 4.98 Å². The summed E-state index contributed by atoms with van der Waals surface area (Å²) in [5, 5.41) is 9.41. The van der Waals surface area contributed by atoms with Crippen LogP contribution in [0.1, 0.15) is 11.4 Å². The first-order valence-corrected chi connectivity index (χ1v) is 6.41. The van der Waals surface area contributed by atoms with Gasteiger partial charge in [0.2, 0.25) is 0 Å². The van der Waals surface area contributed by atoms with E-state index in [4.69, 9.17) is 0 Å². The predicted molar refractivity (Wildman–Crippen MR) is 73.8 cm³/mol. The molecule has 4 heteroatoms. The second-order valence-electron chi connectivity index (χ2n) is 4.16. The Bertz CT molecular complexity index is 689. The number of imidazole rings is 1. The SMILES string of the molecule is Oc1ccn2c(Cc3ccc(Br)cc3)ncc2c1. The van der Waals surface area contributed by atoms with E-state index in [9.17, 15) is 5.11 Å². The molecule has 0 unspecified atom stereocenters. The van der Waals surface area contributed by atoms with Crippen molar-refractivity contribution in [1.29, 1.82) is 0 Å². The topological polar surface area (TPSA) is 37.5 Å². The number of hydrogen-bond donors (Lipinski definition) is 1. The zero-order valence-electron chi connectivity index (χ0n) is 9.55. The van der Waals surface area contributed by atoms with E-state index in [1.807, 2.05) is 22.7 Å². The van der Waals surface area contributed by atoms with Crippen LogP contribution in [0.25, 0.3) is 5.52 Å². The molecule has 18 heavy (non-hydrogen) atoms. The molecule has 0 radical (unpaired) electrons. The highest BCUT2D eigenvalue weighted by Gasteiger charge is 2.05. The van der Waals surface area contributed by atoms with Crippen LogP contribution in [-0.4, -0.2) is 14.5 Å². The van der Waals surface area contributed by atoms with Crippen LogP contribution in [0.15, 0.2) is 53.3 Å². The van der Waals surface area contributed by atoms with Crippen LogP contribution in [0, 0.1) is 0 Å². The van der Waals surface area contributed by atoms with Crippen LogP contribution in [0.3, 0.4) is 0 Å². The Morgan fingerprint density at radius 1 is 1.17 bits per heavy atom. The van der Waals surface area contributed by atoms with Crippen LogP contribution in [0.5, 0.6) is 5.75 Å². The molecule has 2 heterocycles. The van der Waals surface area contributed by atoms with Crippen molar-refractivity contribution in [2.24, 2.45) is 0 Å². The van der Waals surface area contributed by atoms with E-state index in [0.717, 1.165) is 22.2 Å². The smallest absolute Gasteiger partial charge is 0.119 e. The first kappa shape index (κ1) is 11.3. The summed E-state index contributed by atoms with van der Waals surface area (Å²) in [6, 6.07) is 11.6. The van der Waals surface area contributed by atoms with Crippen molar-refractivity contribution in [3.8, 4) is 5.75 Å². The molecule has 3 rings (SSSR count). The Hall–Kier alpha value is -1.81. The van der Waals surface area contributed by atoms with Crippen LogP contribution in [0.2, 0.25) is 0 Å². The highest BCUT2D eigenvalue weighted by molar-refractivity contribution is 9.10. The monoisotopic (exact) mass is 302 g/mol. The quantitative estimate of drug-likeness (QED) is 0.788. The Balaban J connectivity index is 1.97. The molecule has 3 aromatic rings. The molecule has 0 saturated heterocycles. The third-order valence-electron chi connectivity index (χ3n) is 2.87. The van der Waals surface area contributed by atoms with Gasteiger partial charge in [0.05, 0.1) is 11.7 Å². The highest BCUT2D eigenvalue weighted by Crippen LogP contribution is 2.17. The highest BCUT2D eigenvalue weighted by atomic mass is 79.9. The second kappa shape index (κ2) is 4.46. The number of benzene rings is 1. The fourth-order valence-electron chi connectivity index (χ4n) is 1.96. The number of aromatic hydroxyl groups is 1. The normalized spacial score (nSPS) is 10.9. The Morgan fingerprint density at radius 3 is 2.72 bits per heavy atom. The molecule has 0 aliphatic heterocycles. The predicted octanol–water partition coefficient (Wildman–Crippen LogP) is 3.39. The zero-order chi connectivity index (χ0) is 12.5. The van der Waals surface area contributed by atoms with Gasteiger partial charge >= 0.3 is 0 Å². The van der Waals surface area contributed by atoms with Gasteiger partial charge in [0.1, 0.15) is 11.6 Å². The first-order chi connectivity index (χ1) is 8.72. The van der Waals surface area contributed by atoms with E-state index >= 15 is 0 Å². The van der Waals surface area contributed by atoms with Gasteiger partial charge in [-0.2, -0.15) is 0 Å². The van der Waals surface area contributed by atoms with Gasteiger partial charge in [0.25, 0.3) is 0 Å². The van der Waals surface area contributed by atoms with Crippen LogP contribution in [0.4, 0.5) is 0 Å². The van der Waals surface area contributed by atoms with Gasteiger partial charge < -0.3 is 9.51 Å². The number of fused-ring (bicyclic) bond motifs is 1. The standard InChI is InChI=1S/C14H11BrN2O/c15-11-3-1-10(2-4-11)7-14-16-9-12-8-13(18)5-6-17(12)14/h1-6,8-9,18H,7H2. The molecule has 1 N–H and O–H groups in total. The molecule has 0 saturated carbocycles. The molecule has 90 valence electrons. The largest absolute Gasteiger partial charge is 0.508 e. The molecular weight excluding hydrogens is 292 g/mol. The number of aromatic nitrogens is 2. The van der Waals surface area contributed by atoms with Gasteiger partial charge in [0.15, 0.2) is 0 Å². The molecule has 0 aliphatic rings. The van der Waals surface area contributed by atoms with E-state index in [2.05, 4.69) is 33.0 Å². The minimum atomic E-state index is 0.262. The average molecular weight is 303 g/mol. The number of nitrogens with zero attached hydrogens (tertiary/aromatic N) is 2. The number of halogens is 1. The Morgan fingerprint density at radius 2 is 1.94 bits per heavy atom. The zero-order valence-corrected chi connectivity index (χ0v) is 11.1. The van der Waals surface area contributed by atoms with Gasteiger partial charge in [-0.15, -0.1) is 0 Å². The average Bonchev–Trinajstić information content (AvgIpc) is 2.74. The van der Waals surface area contributed by atoms with Gasteiger partial charge in [-0.3, -0.25) is 0 Å². The summed E-state index contributed by atoms with van der Waals surface area (Å²) in [5.41, 5.74) is 2.11. The van der Waals surface area contributed by atoms with E-state index < -0.39 is 0 Å². The summed E-state index contributed by atoms with van der Waals surface area (Å²) >= 11 is 3.42. The molecule has 0 aliphatic carbocycles.